The first-order valence-corrected chi connectivity index (χ1v) is 10.8. The molecule has 1 aliphatic rings. The van der Waals surface area contributed by atoms with E-state index in [0.717, 1.165) is 46.0 Å². The lowest BCUT2D eigenvalue weighted by Gasteiger charge is -2.16. The number of aryl methyl sites for hydroxylation is 1. The molecule has 4 heteroatoms. The van der Waals surface area contributed by atoms with Crippen LogP contribution in [0.3, 0.4) is 0 Å². The topological polar surface area (TPSA) is 42.7 Å². The van der Waals surface area contributed by atoms with Crippen LogP contribution in [-0.2, 0) is 0 Å². The van der Waals surface area contributed by atoms with Crippen molar-refractivity contribution in [2.45, 2.75) is 6.92 Å². The highest BCUT2D eigenvalue weighted by Gasteiger charge is 2.16. The van der Waals surface area contributed by atoms with E-state index in [2.05, 4.69) is 94.6 Å². The minimum Gasteiger partial charge on any atom is -0.381 e. The standard InChI is InChI=1S/C28H22N4/c1-19-12-13-27-22(16-19)21-8-2-3-11-26(21)32(27)28-18-20(23-9-4-6-14-29-23)17-25(31-28)24-10-5-7-15-30-24/h2-13,15-18,29H,14H2,1H3. The summed E-state index contributed by atoms with van der Waals surface area (Å²) < 4.78 is 2.26. The van der Waals surface area contributed by atoms with Crippen molar-refractivity contribution in [1.82, 2.24) is 19.9 Å². The number of nitrogens with zero attached hydrogens (tertiary/aromatic N) is 3. The summed E-state index contributed by atoms with van der Waals surface area (Å²) in [6.45, 7) is 2.95. The van der Waals surface area contributed by atoms with Crippen LogP contribution in [-0.4, -0.2) is 21.1 Å². The van der Waals surface area contributed by atoms with Gasteiger partial charge in [0, 0.05) is 34.8 Å². The Morgan fingerprint density at radius 1 is 0.844 bits per heavy atom. The SMILES string of the molecule is Cc1ccc2c(c1)c1ccccc1n2-c1cc(C2=CC=CCN2)cc(-c2ccccn2)n1. The molecule has 0 bridgehead atoms. The van der Waals surface area contributed by atoms with Crippen LogP contribution in [0.1, 0.15) is 11.1 Å². The molecule has 3 aromatic heterocycles. The van der Waals surface area contributed by atoms with E-state index in [1.807, 2.05) is 24.4 Å². The normalized spacial score (nSPS) is 13.3. The van der Waals surface area contributed by atoms with E-state index >= 15 is 0 Å². The Balaban J connectivity index is 1.67. The van der Waals surface area contributed by atoms with E-state index in [1.54, 1.807) is 0 Å². The van der Waals surface area contributed by atoms with Gasteiger partial charge < -0.3 is 5.32 Å². The summed E-state index contributed by atoms with van der Waals surface area (Å²) in [4.78, 5) is 9.66. The maximum atomic E-state index is 5.09. The average molecular weight is 415 g/mol. The molecule has 0 unspecified atom stereocenters. The van der Waals surface area contributed by atoms with Gasteiger partial charge >= 0.3 is 0 Å². The number of para-hydroxylation sites is 1. The van der Waals surface area contributed by atoms with Crippen molar-refractivity contribution in [2.75, 3.05) is 6.54 Å². The molecule has 4 heterocycles. The minimum absolute atomic E-state index is 0.817. The lowest BCUT2D eigenvalue weighted by Crippen LogP contribution is -2.15. The molecule has 0 atom stereocenters. The van der Waals surface area contributed by atoms with Crippen LogP contribution in [0.15, 0.2) is 97.2 Å². The fourth-order valence-electron chi connectivity index (χ4n) is 4.42. The van der Waals surface area contributed by atoms with Gasteiger partial charge in [-0.2, -0.15) is 0 Å². The highest BCUT2D eigenvalue weighted by atomic mass is 15.1. The third-order valence-corrected chi connectivity index (χ3v) is 5.92. The van der Waals surface area contributed by atoms with Crippen molar-refractivity contribution in [3.8, 4) is 17.2 Å². The van der Waals surface area contributed by atoms with Gasteiger partial charge in [-0.25, -0.2) is 4.98 Å². The Kier molecular flexibility index (Phi) is 4.36. The van der Waals surface area contributed by atoms with E-state index < -0.39 is 0 Å². The number of aromatic nitrogens is 3. The first-order valence-electron chi connectivity index (χ1n) is 10.8. The Morgan fingerprint density at radius 2 is 1.72 bits per heavy atom. The summed E-state index contributed by atoms with van der Waals surface area (Å²) in [7, 11) is 0. The minimum atomic E-state index is 0.817. The van der Waals surface area contributed by atoms with Gasteiger partial charge in [-0.1, -0.05) is 48.0 Å². The summed E-state index contributed by atoms with van der Waals surface area (Å²) in [6, 6.07) is 25.4. The molecule has 0 spiro atoms. The van der Waals surface area contributed by atoms with Crippen LogP contribution in [0.2, 0.25) is 0 Å². The van der Waals surface area contributed by atoms with Gasteiger partial charge in [0.05, 0.1) is 22.4 Å². The van der Waals surface area contributed by atoms with Crippen molar-refractivity contribution < 1.29 is 0 Å². The summed E-state index contributed by atoms with van der Waals surface area (Å²) in [5, 5.41) is 5.96. The van der Waals surface area contributed by atoms with Gasteiger partial charge in [-0.15, -0.1) is 0 Å². The average Bonchev–Trinajstić information content (AvgIpc) is 3.18. The van der Waals surface area contributed by atoms with Crippen LogP contribution in [0.25, 0.3) is 44.7 Å². The number of pyridine rings is 2. The monoisotopic (exact) mass is 414 g/mol. The smallest absolute Gasteiger partial charge is 0.139 e. The molecule has 1 N–H and O–H groups in total. The second-order valence-corrected chi connectivity index (χ2v) is 8.08. The molecular weight excluding hydrogens is 392 g/mol. The van der Waals surface area contributed by atoms with Gasteiger partial charge in [-0.05, 0) is 55.5 Å². The van der Waals surface area contributed by atoms with E-state index in [9.17, 15) is 0 Å². The Morgan fingerprint density at radius 3 is 2.56 bits per heavy atom. The molecule has 6 rings (SSSR count). The maximum absolute atomic E-state index is 5.09. The zero-order chi connectivity index (χ0) is 21.5. The van der Waals surface area contributed by atoms with E-state index in [1.165, 1.54) is 16.3 Å². The van der Waals surface area contributed by atoms with Crippen LogP contribution in [0.4, 0.5) is 0 Å². The lowest BCUT2D eigenvalue weighted by molar-refractivity contribution is 0.989. The van der Waals surface area contributed by atoms with Crippen LogP contribution in [0, 0.1) is 6.92 Å². The van der Waals surface area contributed by atoms with Crippen molar-refractivity contribution in [3.05, 3.63) is 108 Å². The zero-order valence-corrected chi connectivity index (χ0v) is 17.8. The summed E-state index contributed by atoms with van der Waals surface area (Å²) in [5.41, 5.74) is 7.45. The Labute approximate surface area is 186 Å². The largest absolute Gasteiger partial charge is 0.381 e. The molecule has 4 nitrogen and oxygen atoms in total. The fourth-order valence-corrected chi connectivity index (χ4v) is 4.42. The van der Waals surface area contributed by atoms with Gasteiger partial charge in [0.2, 0.25) is 0 Å². The number of hydrogen-bond donors (Lipinski definition) is 1. The molecule has 1 aliphatic heterocycles. The van der Waals surface area contributed by atoms with Crippen LogP contribution < -0.4 is 5.32 Å². The quantitative estimate of drug-likeness (QED) is 0.391. The molecule has 5 aromatic rings. The third-order valence-electron chi connectivity index (χ3n) is 5.92. The Bertz CT molecular complexity index is 1520. The first kappa shape index (κ1) is 18.6. The van der Waals surface area contributed by atoms with Crippen LogP contribution in [0.5, 0.6) is 0 Å². The molecular formula is C28H22N4. The second kappa shape index (κ2) is 7.50. The highest BCUT2D eigenvalue weighted by molar-refractivity contribution is 6.09. The third kappa shape index (κ3) is 3.08. The molecule has 0 amide bonds. The van der Waals surface area contributed by atoms with Gasteiger partial charge in [0.15, 0.2) is 0 Å². The zero-order valence-electron chi connectivity index (χ0n) is 17.8. The molecule has 154 valence electrons. The number of allylic oxidation sites excluding steroid dienone is 2. The summed E-state index contributed by atoms with van der Waals surface area (Å²) >= 11 is 0. The van der Waals surface area contributed by atoms with Crippen molar-refractivity contribution >= 4 is 27.5 Å². The van der Waals surface area contributed by atoms with Gasteiger partial charge in [-0.3, -0.25) is 9.55 Å². The number of rotatable bonds is 3. The van der Waals surface area contributed by atoms with Gasteiger partial charge in [0.25, 0.3) is 0 Å². The fraction of sp³-hybridized carbons (Fsp3) is 0.0714. The van der Waals surface area contributed by atoms with Crippen LogP contribution >= 0.6 is 0 Å². The number of nitrogens with one attached hydrogen (secondary N) is 1. The summed E-state index contributed by atoms with van der Waals surface area (Å²) in [5.74, 6) is 0.885. The van der Waals surface area contributed by atoms with E-state index in [4.69, 9.17) is 4.98 Å². The maximum Gasteiger partial charge on any atom is 0.139 e. The van der Waals surface area contributed by atoms with Crippen molar-refractivity contribution in [1.29, 1.82) is 0 Å². The predicted molar refractivity (Wildman–Crippen MR) is 132 cm³/mol. The van der Waals surface area contributed by atoms with Crippen molar-refractivity contribution in [3.63, 3.8) is 0 Å². The lowest BCUT2D eigenvalue weighted by atomic mass is 10.1. The Hall–Kier alpha value is -4.18. The molecule has 0 fully saturated rings. The molecule has 0 radical (unpaired) electrons. The predicted octanol–water partition coefficient (Wildman–Crippen LogP) is 6.05. The number of hydrogen-bond acceptors (Lipinski definition) is 3. The number of fused-ring (bicyclic) bond motifs is 3. The van der Waals surface area contributed by atoms with Gasteiger partial charge in [0.1, 0.15) is 5.82 Å². The first-order chi connectivity index (χ1) is 15.8. The molecule has 0 saturated carbocycles. The molecule has 32 heavy (non-hydrogen) atoms. The molecule has 0 aliphatic carbocycles. The molecule has 0 saturated heterocycles. The summed E-state index contributed by atoms with van der Waals surface area (Å²) in [6.07, 6.45) is 8.13. The van der Waals surface area contributed by atoms with E-state index in [0.29, 0.717) is 0 Å². The highest BCUT2D eigenvalue weighted by Crippen LogP contribution is 2.33. The number of dihydropyridines is 1. The second-order valence-electron chi connectivity index (χ2n) is 8.08. The molecule has 2 aromatic carbocycles. The van der Waals surface area contributed by atoms with Crippen molar-refractivity contribution in [2.24, 2.45) is 0 Å². The van der Waals surface area contributed by atoms with E-state index in [-0.39, 0.29) is 0 Å². The number of benzene rings is 2.